The monoisotopic (exact) mass is 390 g/mol. The van der Waals surface area contributed by atoms with Crippen molar-refractivity contribution < 1.29 is 14.1 Å². The van der Waals surface area contributed by atoms with E-state index in [1.54, 1.807) is 6.92 Å². The van der Waals surface area contributed by atoms with E-state index in [1.165, 1.54) is 0 Å². The third-order valence-electron chi connectivity index (χ3n) is 6.00. The molecule has 1 unspecified atom stereocenters. The number of hydrogen-bond donors (Lipinski definition) is 1. The maximum atomic E-state index is 13.2. The Labute approximate surface area is 167 Å². The molecule has 1 atom stereocenters. The fourth-order valence-electron chi connectivity index (χ4n) is 4.42. The van der Waals surface area contributed by atoms with Crippen LogP contribution in [0, 0.1) is 18.3 Å². The highest BCUT2D eigenvalue weighted by Crippen LogP contribution is 2.35. The number of rotatable bonds is 3. The molecule has 0 aromatic carbocycles. The third kappa shape index (κ3) is 4.55. The Morgan fingerprint density at radius 2 is 1.82 bits per heavy atom. The second-order valence-electron chi connectivity index (χ2n) is 9.46. The molecule has 2 amide bonds. The molecule has 0 radical (unpaired) electrons. The molecule has 1 aromatic rings. The molecule has 1 aromatic heterocycles. The van der Waals surface area contributed by atoms with Gasteiger partial charge < -0.3 is 14.7 Å². The lowest BCUT2D eigenvalue weighted by Gasteiger charge is -2.38. The number of likely N-dealkylation sites (tertiary alicyclic amines) is 1. The highest BCUT2D eigenvalue weighted by Gasteiger charge is 2.41. The van der Waals surface area contributed by atoms with E-state index < -0.39 is 11.0 Å². The molecular weight excluding hydrogens is 356 g/mol. The van der Waals surface area contributed by atoms with Gasteiger partial charge in [0.05, 0.1) is 5.92 Å². The smallest absolute Gasteiger partial charge is 0.227 e. The van der Waals surface area contributed by atoms with Crippen LogP contribution in [0.1, 0.15) is 83.9 Å². The zero-order valence-electron chi connectivity index (χ0n) is 17.7. The minimum Gasteiger partial charge on any atom is -0.343 e. The summed E-state index contributed by atoms with van der Waals surface area (Å²) >= 11 is 0. The van der Waals surface area contributed by atoms with Gasteiger partial charge in [-0.15, -0.1) is 0 Å². The van der Waals surface area contributed by atoms with Gasteiger partial charge in [0.15, 0.2) is 5.82 Å². The number of aromatic nitrogens is 2. The van der Waals surface area contributed by atoms with Gasteiger partial charge >= 0.3 is 0 Å². The van der Waals surface area contributed by atoms with Crippen molar-refractivity contribution in [2.75, 3.05) is 13.1 Å². The minimum atomic E-state index is -0.554. The Balaban J connectivity index is 1.75. The summed E-state index contributed by atoms with van der Waals surface area (Å²) in [5.41, 5.74) is -0.981. The van der Waals surface area contributed by atoms with E-state index in [-0.39, 0.29) is 17.7 Å². The summed E-state index contributed by atoms with van der Waals surface area (Å²) in [5.74, 6) is 1.05. The van der Waals surface area contributed by atoms with Gasteiger partial charge in [-0.05, 0) is 25.7 Å². The summed E-state index contributed by atoms with van der Waals surface area (Å²) in [6.45, 7) is 8.78. The summed E-state index contributed by atoms with van der Waals surface area (Å²) in [4.78, 5) is 32.2. The van der Waals surface area contributed by atoms with E-state index >= 15 is 0 Å². The quantitative estimate of drug-likeness (QED) is 0.800. The first kappa shape index (κ1) is 20.8. The Morgan fingerprint density at radius 3 is 2.39 bits per heavy atom. The van der Waals surface area contributed by atoms with Crippen LogP contribution < -0.4 is 5.32 Å². The zero-order chi connectivity index (χ0) is 20.4. The van der Waals surface area contributed by atoms with Gasteiger partial charge in [0.25, 0.3) is 0 Å². The van der Waals surface area contributed by atoms with E-state index in [2.05, 4.69) is 15.5 Å². The number of nitrogens with one attached hydrogen (secondary N) is 1. The number of piperidine rings is 1. The standard InChI is InChI=1S/C21H34N4O3/c1-15-22-18(24-28-15)21(11-7-5-6-8-12-21)23-17(26)16-10-9-13-25(14-16)19(27)20(2,3)4/h16H,5-14H2,1-4H3,(H,23,26). The van der Waals surface area contributed by atoms with E-state index in [4.69, 9.17) is 4.52 Å². The predicted molar refractivity (Wildman–Crippen MR) is 105 cm³/mol. The molecular formula is C21H34N4O3. The largest absolute Gasteiger partial charge is 0.343 e. The number of nitrogens with zero attached hydrogens (tertiary/aromatic N) is 3. The summed E-state index contributed by atoms with van der Waals surface area (Å²) in [6, 6.07) is 0. The minimum absolute atomic E-state index is 0.00997. The van der Waals surface area contributed by atoms with Crippen LogP contribution in [0.5, 0.6) is 0 Å². The lowest BCUT2D eigenvalue weighted by Crippen LogP contribution is -2.53. The SMILES string of the molecule is Cc1nc(C2(NC(=O)C3CCCN(C(=O)C(C)(C)C)C3)CCCCCC2)no1. The van der Waals surface area contributed by atoms with Gasteiger partial charge in [-0.2, -0.15) is 4.98 Å². The van der Waals surface area contributed by atoms with E-state index in [0.717, 1.165) is 57.9 Å². The molecule has 7 nitrogen and oxygen atoms in total. The maximum Gasteiger partial charge on any atom is 0.227 e. The van der Waals surface area contributed by atoms with Gasteiger partial charge in [-0.1, -0.05) is 51.6 Å². The Bertz CT molecular complexity index is 699. The molecule has 28 heavy (non-hydrogen) atoms. The van der Waals surface area contributed by atoms with Crippen LogP contribution in [0.3, 0.4) is 0 Å². The van der Waals surface area contributed by atoms with Crippen molar-refractivity contribution >= 4 is 11.8 Å². The first-order valence-corrected chi connectivity index (χ1v) is 10.6. The molecule has 0 spiro atoms. The van der Waals surface area contributed by atoms with Crippen molar-refractivity contribution in [2.24, 2.45) is 11.3 Å². The molecule has 1 aliphatic carbocycles. The molecule has 1 saturated heterocycles. The van der Waals surface area contributed by atoms with Crippen LogP contribution in [0.15, 0.2) is 4.52 Å². The average molecular weight is 391 g/mol. The molecule has 156 valence electrons. The number of aryl methyl sites for hydroxylation is 1. The van der Waals surface area contributed by atoms with Crippen molar-refractivity contribution in [3.05, 3.63) is 11.7 Å². The highest BCUT2D eigenvalue weighted by atomic mass is 16.5. The summed E-state index contributed by atoms with van der Waals surface area (Å²) in [7, 11) is 0. The van der Waals surface area contributed by atoms with Crippen LogP contribution >= 0.6 is 0 Å². The van der Waals surface area contributed by atoms with Crippen LogP contribution in [0.4, 0.5) is 0 Å². The molecule has 1 N–H and O–H groups in total. The Kier molecular flexibility index (Phi) is 6.10. The molecule has 0 bridgehead atoms. The normalized spacial score (nSPS) is 23.1. The Hall–Kier alpha value is -1.92. The van der Waals surface area contributed by atoms with Gasteiger partial charge in [-0.25, -0.2) is 0 Å². The third-order valence-corrected chi connectivity index (χ3v) is 6.00. The molecule has 7 heteroatoms. The van der Waals surface area contributed by atoms with Crippen molar-refractivity contribution in [2.45, 2.75) is 84.6 Å². The summed E-state index contributed by atoms with van der Waals surface area (Å²) < 4.78 is 5.23. The molecule has 2 aliphatic rings. The van der Waals surface area contributed by atoms with Crippen LogP contribution in [0.2, 0.25) is 0 Å². The van der Waals surface area contributed by atoms with Gasteiger partial charge in [0, 0.05) is 25.4 Å². The zero-order valence-corrected chi connectivity index (χ0v) is 17.7. The van der Waals surface area contributed by atoms with Gasteiger partial charge in [0.2, 0.25) is 17.7 Å². The van der Waals surface area contributed by atoms with Crippen LogP contribution in [-0.2, 0) is 15.1 Å². The number of amides is 2. The highest BCUT2D eigenvalue weighted by molar-refractivity contribution is 5.84. The lowest BCUT2D eigenvalue weighted by molar-refractivity contribution is -0.143. The summed E-state index contributed by atoms with van der Waals surface area (Å²) in [5, 5.41) is 7.47. The van der Waals surface area contributed by atoms with E-state index in [1.807, 2.05) is 25.7 Å². The molecule has 2 heterocycles. The fraction of sp³-hybridized carbons (Fsp3) is 0.810. The fourth-order valence-corrected chi connectivity index (χ4v) is 4.42. The van der Waals surface area contributed by atoms with E-state index in [9.17, 15) is 9.59 Å². The van der Waals surface area contributed by atoms with Crippen LogP contribution in [0.25, 0.3) is 0 Å². The van der Waals surface area contributed by atoms with Crippen molar-refractivity contribution in [3.8, 4) is 0 Å². The molecule has 3 rings (SSSR count). The molecule has 1 aliphatic heterocycles. The lowest BCUT2D eigenvalue weighted by atomic mass is 9.86. The van der Waals surface area contributed by atoms with Gasteiger partial charge in [0.1, 0.15) is 5.54 Å². The second kappa shape index (κ2) is 8.21. The maximum absolute atomic E-state index is 13.2. The Morgan fingerprint density at radius 1 is 1.14 bits per heavy atom. The van der Waals surface area contributed by atoms with E-state index in [0.29, 0.717) is 18.3 Å². The first-order valence-electron chi connectivity index (χ1n) is 10.6. The number of hydrogen-bond acceptors (Lipinski definition) is 5. The van der Waals surface area contributed by atoms with Crippen LogP contribution in [-0.4, -0.2) is 39.9 Å². The first-order chi connectivity index (χ1) is 13.2. The van der Waals surface area contributed by atoms with Crippen molar-refractivity contribution in [1.82, 2.24) is 20.4 Å². The predicted octanol–water partition coefficient (Wildman–Crippen LogP) is 3.33. The van der Waals surface area contributed by atoms with Crippen molar-refractivity contribution in [3.63, 3.8) is 0 Å². The second-order valence-corrected chi connectivity index (χ2v) is 9.46. The average Bonchev–Trinajstić information content (AvgIpc) is 2.96. The van der Waals surface area contributed by atoms with Crippen molar-refractivity contribution in [1.29, 1.82) is 0 Å². The topological polar surface area (TPSA) is 88.3 Å². The molecule has 1 saturated carbocycles. The summed E-state index contributed by atoms with van der Waals surface area (Å²) in [6.07, 6.45) is 7.71. The molecule has 2 fully saturated rings. The number of carbonyl (C=O) groups excluding carboxylic acids is 2. The number of carbonyl (C=O) groups is 2. The van der Waals surface area contributed by atoms with Gasteiger partial charge in [-0.3, -0.25) is 9.59 Å².